The van der Waals surface area contributed by atoms with E-state index in [2.05, 4.69) is 10.3 Å². The molecule has 0 unspecified atom stereocenters. The summed E-state index contributed by atoms with van der Waals surface area (Å²) in [7, 11) is 4.86. The van der Waals surface area contributed by atoms with Crippen molar-refractivity contribution in [2.24, 2.45) is 23.7 Å². The summed E-state index contributed by atoms with van der Waals surface area (Å²) >= 11 is 0. The van der Waals surface area contributed by atoms with Gasteiger partial charge in [0.15, 0.2) is 5.78 Å². The van der Waals surface area contributed by atoms with Crippen LogP contribution in [-0.4, -0.2) is 125 Å². The van der Waals surface area contributed by atoms with E-state index in [-0.39, 0.29) is 91.2 Å². The van der Waals surface area contributed by atoms with Crippen molar-refractivity contribution >= 4 is 52.0 Å². The molecule has 0 radical (unpaired) electrons. The molecule has 2 aliphatic rings. The van der Waals surface area contributed by atoms with Crippen molar-refractivity contribution in [3.05, 3.63) is 54.2 Å². The molecule has 14 heteroatoms. The van der Waals surface area contributed by atoms with Crippen molar-refractivity contribution in [3.8, 4) is 0 Å². The molecule has 1 saturated heterocycles. The number of amides is 5. The summed E-state index contributed by atoms with van der Waals surface area (Å²) in [6, 6.07) is 8.88. The van der Waals surface area contributed by atoms with Crippen LogP contribution in [0.2, 0.25) is 0 Å². The van der Waals surface area contributed by atoms with Crippen LogP contribution >= 0.6 is 0 Å². The highest BCUT2D eigenvalue weighted by molar-refractivity contribution is 6.12. The van der Waals surface area contributed by atoms with Crippen LogP contribution in [-0.2, 0) is 49.5 Å². The van der Waals surface area contributed by atoms with E-state index in [1.54, 1.807) is 46.2 Å². The van der Waals surface area contributed by atoms with Gasteiger partial charge in [-0.25, -0.2) is 0 Å². The molecular formula is C49H71N5O9. The van der Waals surface area contributed by atoms with E-state index in [0.717, 1.165) is 22.9 Å². The Morgan fingerprint density at radius 3 is 2.29 bits per heavy atom. The second-order valence-corrected chi connectivity index (χ2v) is 18.4. The van der Waals surface area contributed by atoms with Gasteiger partial charge in [0.25, 0.3) is 11.8 Å². The second kappa shape index (κ2) is 23.2. The molecule has 1 aromatic carbocycles. The van der Waals surface area contributed by atoms with E-state index in [0.29, 0.717) is 38.6 Å². The zero-order chi connectivity index (χ0) is 46.6. The molecule has 1 aromatic heterocycles. The number of benzene rings is 1. The van der Waals surface area contributed by atoms with Crippen LogP contribution < -0.4 is 5.32 Å². The second-order valence-electron chi connectivity index (χ2n) is 18.4. The van der Waals surface area contributed by atoms with Crippen LogP contribution in [0.1, 0.15) is 112 Å². The largest absolute Gasteiger partial charge is 0.379 e. The first-order valence-electron chi connectivity index (χ1n) is 22.7. The summed E-state index contributed by atoms with van der Waals surface area (Å²) in [6.45, 7) is 13.8. The van der Waals surface area contributed by atoms with Crippen molar-refractivity contribution < 1.29 is 43.0 Å². The number of ether oxygens (including phenoxy) is 2. The monoisotopic (exact) mass is 874 g/mol. The fraction of sp³-hybridized carbons (Fsp3) is 0.633. The van der Waals surface area contributed by atoms with Crippen LogP contribution in [0.15, 0.2) is 48.7 Å². The molecule has 1 N–H and O–H groups in total. The van der Waals surface area contributed by atoms with Gasteiger partial charge in [0.05, 0.1) is 41.8 Å². The standard InChI is InChI=1S/C49H71N5O9/c1-11-32(4)46(52(8)48(61)36(31(2)3)29-41(56)49(6,7)51-42(57)19-13-12-14-25-54-43(58)22-23-44(54)59)40(62-9)30-45(60)53-26-16-18-38(53)47(63-10)33(5)39(55)28-34-20-21-37-35(27-34)17-15-24-50-37/h15,17,20-24,27,31-33,36,38,40,46-47H,11-14,16,18-19,25-26,28-30H2,1-10H3,(H,51,57)/t32-,33-,36-,38-,40+,46-,47+/m0/s1. The van der Waals surface area contributed by atoms with E-state index < -0.39 is 35.6 Å². The van der Waals surface area contributed by atoms with E-state index in [1.165, 1.54) is 17.1 Å². The molecule has 1 fully saturated rings. The van der Waals surface area contributed by atoms with Crippen molar-refractivity contribution in [3.63, 3.8) is 0 Å². The molecule has 0 aliphatic carbocycles. The molecular weight excluding hydrogens is 803 g/mol. The van der Waals surface area contributed by atoms with Crippen molar-refractivity contribution in [1.29, 1.82) is 0 Å². The third-order valence-corrected chi connectivity index (χ3v) is 13.3. The van der Waals surface area contributed by atoms with Gasteiger partial charge < -0.3 is 24.6 Å². The number of rotatable bonds is 25. The van der Waals surface area contributed by atoms with Gasteiger partial charge in [0.1, 0.15) is 5.78 Å². The number of carbonyl (C=O) groups excluding carboxylic acids is 7. The molecule has 0 spiro atoms. The molecule has 7 atom stereocenters. The van der Waals surface area contributed by atoms with Crippen molar-refractivity contribution in [2.45, 2.75) is 143 Å². The SMILES string of the molecule is CC[C@H](C)[C@@H]([C@@H](CC(=O)N1CCC[C@H]1[C@H](OC)[C@@H](C)C(=O)Cc1ccc2ncccc2c1)OC)N(C)C(=O)[C@@H](CC(=O)C(C)(C)NC(=O)CCCCCN1C(=O)C=CC1=O)C(C)C. The summed E-state index contributed by atoms with van der Waals surface area (Å²) in [5.41, 5.74) is 0.525. The number of imide groups is 1. The van der Waals surface area contributed by atoms with E-state index >= 15 is 0 Å². The number of carbonyl (C=O) groups is 7. The minimum atomic E-state index is -1.23. The van der Waals surface area contributed by atoms with E-state index in [1.807, 2.05) is 69.9 Å². The quantitative estimate of drug-likeness (QED) is 0.0939. The Labute approximate surface area is 373 Å². The first-order chi connectivity index (χ1) is 29.8. The number of hydrogen-bond acceptors (Lipinski definition) is 10. The highest BCUT2D eigenvalue weighted by atomic mass is 16.5. The summed E-state index contributed by atoms with van der Waals surface area (Å²) in [4.78, 5) is 102. The maximum Gasteiger partial charge on any atom is 0.253 e. The number of unbranched alkanes of at least 4 members (excludes halogenated alkanes) is 2. The van der Waals surface area contributed by atoms with Gasteiger partial charge in [0.2, 0.25) is 17.7 Å². The van der Waals surface area contributed by atoms with E-state index in [4.69, 9.17) is 9.47 Å². The fourth-order valence-electron chi connectivity index (χ4n) is 9.13. The first-order valence-corrected chi connectivity index (χ1v) is 22.7. The normalized spacial score (nSPS) is 18.4. The highest BCUT2D eigenvalue weighted by Crippen LogP contribution is 2.31. The molecule has 5 amide bonds. The maximum atomic E-state index is 14.5. The molecule has 14 nitrogen and oxygen atoms in total. The number of likely N-dealkylation sites (N-methyl/N-ethyl adjacent to an activating group) is 1. The van der Waals surface area contributed by atoms with Gasteiger partial charge in [-0.3, -0.25) is 43.4 Å². The summed E-state index contributed by atoms with van der Waals surface area (Å²) in [6.07, 6.45) is 7.28. The topological polar surface area (TPSA) is 173 Å². The lowest BCUT2D eigenvalue weighted by molar-refractivity contribution is -0.149. The fourth-order valence-corrected chi connectivity index (χ4v) is 9.13. The van der Waals surface area contributed by atoms with Gasteiger partial charge in [-0.2, -0.15) is 0 Å². The molecule has 0 saturated carbocycles. The van der Waals surface area contributed by atoms with Crippen LogP contribution in [0.3, 0.4) is 0 Å². The number of methoxy groups -OCH3 is 2. The molecule has 0 bridgehead atoms. The minimum Gasteiger partial charge on any atom is -0.379 e. The lowest BCUT2D eigenvalue weighted by atomic mass is 9.82. The molecule has 63 heavy (non-hydrogen) atoms. The lowest BCUT2D eigenvalue weighted by Gasteiger charge is -2.41. The molecule has 2 aliphatic heterocycles. The Bertz CT molecular complexity index is 1960. The Morgan fingerprint density at radius 1 is 0.952 bits per heavy atom. The Balaban J connectivity index is 1.38. The average molecular weight is 874 g/mol. The summed E-state index contributed by atoms with van der Waals surface area (Å²) in [5, 5.41) is 3.82. The van der Waals surface area contributed by atoms with Gasteiger partial charge in [-0.05, 0) is 75.1 Å². The number of nitrogens with zero attached hydrogens (tertiary/aromatic N) is 4. The molecule has 3 heterocycles. The Kier molecular flexibility index (Phi) is 18.7. The number of pyridine rings is 1. The van der Waals surface area contributed by atoms with Gasteiger partial charge in [0, 0.05) is 89.2 Å². The minimum absolute atomic E-state index is 0.0135. The summed E-state index contributed by atoms with van der Waals surface area (Å²) < 4.78 is 12.1. The smallest absolute Gasteiger partial charge is 0.253 e. The number of ketones is 2. The average Bonchev–Trinajstić information content (AvgIpc) is 3.87. The van der Waals surface area contributed by atoms with Gasteiger partial charge >= 0.3 is 0 Å². The Morgan fingerprint density at radius 2 is 1.65 bits per heavy atom. The van der Waals surface area contributed by atoms with Crippen LogP contribution in [0.25, 0.3) is 10.9 Å². The third kappa shape index (κ3) is 13.1. The molecule has 346 valence electrons. The van der Waals surface area contributed by atoms with Gasteiger partial charge in [-0.15, -0.1) is 0 Å². The van der Waals surface area contributed by atoms with Crippen molar-refractivity contribution in [1.82, 2.24) is 25.0 Å². The first kappa shape index (κ1) is 50.8. The number of aromatic nitrogens is 1. The van der Waals surface area contributed by atoms with Gasteiger partial charge in [-0.1, -0.05) is 59.6 Å². The predicted octanol–water partition coefficient (Wildman–Crippen LogP) is 5.88. The van der Waals surface area contributed by atoms with Crippen molar-refractivity contribution in [2.75, 3.05) is 34.4 Å². The maximum absolute atomic E-state index is 14.5. The van der Waals surface area contributed by atoms with E-state index in [9.17, 15) is 33.6 Å². The number of hydrogen-bond donors (Lipinski definition) is 1. The Hall–Kier alpha value is -4.82. The molecule has 4 rings (SSSR count). The predicted molar refractivity (Wildman–Crippen MR) is 241 cm³/mol. The number of fused-ring (bicyclic) bond motifs is 1. The number of likely N-dealkylation sites (tertiary alicyclic amines) is 1. The van der Waals surface area contributed by atoms with Crippen LogP contribution in [0.4, 0.5) is 0 Å². The van der Waals surface area contributed by atoms with Crippen LogP contribution in [0.5, 0.6) is 0 Å². The number of nitrogens with one attached hydrogen (secondary N) is 1. The third-order valence-electron chi connectivity index (χ3n) is 13.3. The highest BCUT2D eigenvalue weighted by Gasteiger charge is 2.43. The zero-order valence-electron chi connectivity index (χ0n) is 39.2. The molecule has 2 aromatic rings. The summed E-state index contributed by atoms with van der Waals surface area (Å²) in [5.74, 6) is -3.02. The lowest BCUT2D eigenvalue weighted by Crippen LogP contribution is -2.55. The van der Waals surface area contributed by atoms with Crippen LogP contribution in [0, 0.1) is 23.7 Å². The number of Topliss-reactive ketones (excluding diaryl/α,β-unsaturated/α-hetero) is 2. The zero-order valence-corrected chi connectivity index (χ0v) is 39.2.